The molecule has 98 valence electrons. The molecule has 2 heterocycles. The standard InChI is InChI=1S/C13H25N3O/c1-14-12-5-9-16(10-6-12)13(17)11-3-7-15(2)8-4-11/h11-12,14H,3-10H2,1-2H3. The molecule has 0 spiro atoms. The highest BCUT2D eigenvalue weighted by Crippen LogP contribution is 2.21. The maximum Gasteiger partial charge on any atom is 0.225 e. The Morgan fingerprint density at radius 3 is 2.18 bits per heavy atom. The van der Waals surface area contributed by atoms with Gasteiger partial charge in [-0.05, 0) is 52.9 Å². The number of hydrogen-bond acceptors (Lipinski definition) is 3. The summed E-state index contributed by atoms with van der Waals surface area (Å²) in [6, 6.07) is 0.608. The van der Waals surface area contributed by atoms with Crippen molar-refractivity contribution < 1.29 is 4.79 Å². The largest absolute Gasteiger partial charge is 0.342 e. The van der Waals surface area contributed by atoms with Crippen molar-refractivity contribution in [2.45, 2.75) is 31.7 Å². The van der Waals surface area contributed by atoms with Gasteiger partial charge >= 0.3 is 0 Å². The van der Waals surface area contributed by atoms with E-state index >= 15 is 0 Å². The van der Waals surface area contributed by atoms with Crippen molar-refractivity contribution in [1.29, 1.82) is 0 Å². The van der Waals surface area contributed by atoms with Crippen LogP contribution in [-0.2, 0) is 4.79 Å². The van der Waals surface area contributed by atoms with E-state index in [9.17, 15) is 4.79 Å². The zero-order chi connectivity index (χ0) is 12.3. The third-order valence-corrected chi connectivity index (χ3v) is 4.28. The van der Waals surface area contributed by atoms with E-state index in [-0.39, 0.29) is 5.92 Å². The van der Waals surface area contributed by atoms with Gasteiger partial charge in [0.2, 0.25) is 5.91 Å². The average Bonchev–Trinajstić information content (AvgIpc) is 2.39. The molecule has 2 aliphatic heterocycles. The van der Waals surface area contributed by atoms with E-state index in [1.54, 1.807) is 0 Å². The van der Waals surface area contributed by atoms with E-state index in [1.165, 1.54) is 0 Å². The zero-order valence-electron chi connectivity index (χ0n) is 11.1. The molecular formula is C13H25N3O. The van der Waals surface area contributed by atoms with E-state index < -0.39 is 0 Å². The lowest BCUT2D eigenvalue weighted by molar-refractivity contribution is -0.138. The summed E-state index contributed by atoms with van der Waals surface area (Å²) in [6.07, 6.45) is 4.30. The number of nitrogens with one attached hydrogen (secondary N) is 1. The van der Waals surface area contributed by atoms with E-state index in [0.717, 1.165) is 51.9 Å². The molecule has 17 heavy (non-hydrogen) atoms. The first-order valence-corrected chi connectivity index (χ1v) is 6.85. The normalized spacial score (nSPS) is 25.2. The first-order valence-electron chi connectivity index (χ1n) is 6.85. The molecule has 0 bridgehead atoms. The van der Waals surface area contributed by atoms with Crippen molar-refractivity contribution in [1.82, 2.24) is 15.1 Å². The minimum atomic E-state index is 0.289. The van der Waals surface area contributed by atoms with E-state index in [2.05, 4.69) is 22.2 Å². The Morgan fingerprint density at radius 2 is 1.65 bits per heavy atom. The summed E-state index contributed by atoms with van der Waals surface area (Å²) < 4.78 is 0. The van der Waals surface area contributed by atoms with E-state index in [0.29, 0.717) is 11.9 Å². The van der Waals surface area contributed by atoms with Crippen LogP contribution < -0.4 is 5.32 Å². The molecular weight excluding hydrogens is 214 g/mol. The second kappa shape index (κ2) is 5.83. The Hall–Kier alpha value is -0.610. The van der Waals surface area contributed by atoms with Gasteiger partial charge in [-0.25, -0.2) is 0 Å². The predicted molar refractivity (Wildman–Crippen MR) is 68.9 cm³/mol. The SMILES string of the molecule is CNC1CCN(C(=O)C2CCN(C)CC2)CC1. The zero-order valence-corrected chi connectivity index (χ0v) is 11.1. The molecule has 0 atom stereocenters. The Labute approximate surface area is 104 Å². The fraction of sp³-hybridized carbons (Fsp3) is 0.923. The van der Waals surface area contributed by atoms with Crippen LogP contribution in [0.15, 0.2) is 0 Å². The van der Waals surface area contributed by atoms with E-state index in [1.807, 2.05) is 7.05 Å². The predicted octanol–water partition coefficient (Wildman–Crippen LogP) is 0.539. The molecule has 0 aromatic rings. The van der Waals surface area contributed by atoms with Crippen LogP contribution in [0.25, 0.3) is 0 Å². The highest BCUT2D eigenvalue weighted by Gasteiger charge is 2.29. The number of carbonyl (C=O) groups excluding carboxylic acids is 1. The maximum absolute atomic E-state index is 12.3. The van der Waals surface area contributed by atoms with Gasteiger partial charge in [-0.2, -0.15) is 0 Å². The second-order valence-corrected chi connectivity index (χ2v) is 5.47. The minimum Gasteiger partial charge on any atom is -0.342 e. The van der Waals surface area contributed by atoms with Gasteiger partial charge in [0, 0.05) is 25.0 Å². The molecule has 2 rings (SSSR count). The molecule has 2 aliphatic rings. The molecule has 2 saturated heterocycles. The van der Waals surface area contributed by atoms with Crippen LogP contribution in [0, 0.1) is 5.92 Å². The number of hydrogen-bond donors (Lipinski definition) is 1. The third-order valence-electron chi connectivity index (χ3n) is 4.28. The summed E-state index contributed by atoms with van der Waals surface area (Å²) in [4.78, 5) is 16.7. The van der Waals surface area contributed by atoms with Gasteiger partial charge in [0.15, 0.2) is 0 Å². The van der Waals surface area contributed by atoms with Crippen molar-refractivity contribution in [3.8, 4) is 0 Å². The maximum atomic E-state index is 12.3. The lowest BCUT2D eigenvalue weighted by Crippen LogP contribution is -2.47. The highest BCUT2D eigenvalue weighted by molar-refractivity contribution is 5.79. The molecule has 4 heteroatoms. The molecule has 0 aromatic carbocycles. The van der Waals surface area contributed by atoms with Gasteiger partial charge in [-0.1, -0.05) is 0 Å². The molecule has 0 unspecified atom stereocenters. The smallest absolute Gasteiger partial charge is 0.225 e. The van der Waals surface area contributed by atoms with E-state index in [4.69, 9.17) is 0 Å². The van der Waals surface area contributed by atoms with Gasteiger partial charge in [-0.15, -0.1) is 0 Å². The van der Waals surface area contributed by atoms with Crippen LogP contribution in [-0.4, -0.2) is 62.0 Å². The van der Waals surface area contributed by atoms with Crippen LogP contribution in [0.5, 0.6) is 0 Å². The van der Waals surface area contributed by atoms with Gasteiger partial charge in [0.25, 0.3) is 0 Å². The van der Waals surface area contributed by atoms with Crippen molar-refractivity contribution in [2.24, 2.45) is 5.92 Å². The van der Waals surface area contributed by atoms with Gasteiger partial charge in [0.1, 0.15) is 0 Å². The number of amides is 1. The summed E-state index contributed by atoms with van der Waals surface area (Å²) in [5.41, 5.74) is 0. The van der Waals surface area contributed by atoms with Gasteiger partial charge < -0.3 is 15.1 Å². The summed E-state index contributed by atoms with van der Waals surface area (Å²) in [7, 11) is 4.15. The lowest BCUT2D eigenvalue weighted by Gasteiger charge is -2.36. The molecule has 0 aromatic heterocycles. The summed E-state index contributed by atoms with van der Waals surface area (Å²) in [5, 5.41) is 3.30. The van der Waals surface area contributed by atoms with Crippen LogP contribution in [0.1, 0.15) is 25.7 Å². The van der Waals surface area contributed by atoms with Crippen LogP contribution in [0.2, 0.25) is 0 Å². The average molecular weight is 239 g/mol. The number of carbonyl (C=O) groups is 1. The molecule has 0 radical (unpaired) electrons. The van der Waals surface area contributed by atoms with Gasteiger partial charge in [-0.3, -0.25) is 4.79 Å². The summed E-state index contributed by atoms with van der Waals surface area (Å²) >= 11 is 0. The van der Waals surface area contributed by atoms with Crippen molar-refractivity contribution in [2.75, 3.05) is 40.3 Å². The monoisotopic (exact) mass is 239 g/mol. The Bertz CT molecular complexity index is 253. The molecule has 4 nitrogen and oxygen atoms in total. The Balaban J connectivity index is 1.80. The first-order chi connectivity index (χ1) is 8.20. The fourth-order valence-corrected chi connectivity index (χ4v) is 2.90. The second-order valence-electron chi connectivity index (χ2n) is 5.47. The van der Waals surface area contributed by atoms with Crippen LogP contribution in [0.4, 0.5) is 0 Å². The van der Waals surface area contributed by atoms with Crippen molar-refractivity contribution in [3.63, 3.8) is 0 Å². The minimum absolute atomic E-state index is 0.289. The summed E-state index contributed by atoms with van der Waals surface area (Å²) in [6.45, 7) is 4.03. The fourth-order valence-electron chi connectivity index (χ4n) is 2.90. The Morgan fingerprint density at radius 1 is 1.06 bits per heavy atom. The quantitative estimate of drug-likeness (QED) is 0.764. The molecule has 2 fully saturated rings. The van der Waals surface area contributed by atoms with Crippen molar-refractivity contribution >= 4 is 5.91 Å². The summed E-state index contributed by atoms with van der Waals surface area (Å²) in [5.74, 6) is 0.699. The Kier molecular flexibility index (Phi) is 4.40. The number of piperidine rings is 2. The van der Waals surface area contributed by atoms with Crippen LogP contribution in [0.3, 0.4) is 0 Å². The van der Waals surface area contributed by atoms with Crippen LogP contribution >= 0.6 is 0 Å². The third kappa shape index (κ3) is 3.19. The molecule has 1 N–H and O–H groups in total. The highest BCUT2D eigenvalue weighted by atomic mass is 16.2. The molecule has 1 amide bonds. The number of likely N-dealkylation sites (tertiary alicyclic amines) is 2. The lowest BCUT2D eigenvalue weighted by atomic mass is 9.94. The number of nitrogens with zero attached hydrogens (tertiary/aromatic N) is 2. The van der Waals surface area contributed by atoms with Crippen molar-refractivity contribution in [3.05, 3.63) is 0 Å². The molecule has 0 saturated carbocycles. The first kappa shape index (κ1) is 12.8. The topological polar surface area (TPSA) is 35.6 Å². The van der Waals surface area contributed by atoms with Gasteiger partial charge in [0.05, 0.1) is 0 Å². The number of rotatable bonds is 2. The molecule has 0 aliphatic carbocycles.